The molecular formula is C18H27N3. The zero-order valence-electron chi connectivity index (χ0n) is 13.4. The third kappa shape index (κ3) is 4.10. The first kappa shape index (κ1) is 15.6. The fraction of sp³-hybridized carbons (Fsp3) is 0.500. The van der Waals surface area contributed by atoms with E-state index in [1.165, 1.54) is 25.7 Å². The van der Waals surface area contributed by atoms with Crippen molar-refractivity contribution < 1.29 is 0 Å². The second-order valence-corrected chi connectivity index (χ2v) is 6.58. The lowest BCUT2D eigenvalue weighted by molar-refractivity contribution is 0.342. The molecule has 0 saturated heterocycles. The molecule has 0 saturated carbocycles. The summed E-state index contributed by atoms with van der Waals surface area (Å²) in [5.41, 5.74) is 9.10. The van der Waals surface area contributed by atoms with Gasteiger partial charge >= 0.3 is 0 Å². The topological polar surface area (TPSA) is 50.9 Å². The number of nitrogens with zero attached hydrogens (tertiary/aromatic N) is 1. The number of nitrogen functional groups attached to an aromatic ring is 1. The minimum Gasteiger partial charge on any atom is -0.396 e. The number of pyridine rings is 1. The summed E-state index contributed by atoms with van der Waals surface area (Å²) in [6.45, 7) is 7.80. The molecule has 0 bridgehead atoms. The highest BCUT2D eigenvalue weighted by Crippen LogP contribution is 2.30. The van der Waals surface area contributed by atoms with Crippen molar-refractivity contribution in [3.05, 3.63) is 30.5 Å². The molecule has 3 N–H and O–H groups in total. The van der Waals surface area contributed by atoms with E-state index in [2.05, 4.69) is 37.1 Å². The van der Waals surface area contributed by atoms with Gasteiger partial charge in [-0.3, -0.25) is 4.98 Å². The van der Waals surface area contributed by atoms with Gasteiger partial charge in [-0.15, -0.1) is 0 Å². The molecule has 0 atom stereocenters. The first-order chi connectivity index (χ1) is 10.0. The van der Waals surface area contributed by atoms with Gasteiger partial charge in [0.15, 0.2) is 0 Å². The summed E-state index contributed by atoms with van der Waals surface area (Å²) in [5.74, 6) is 0. The SMILES string of the molecule is CCCCCC(C)(C)CNc1c(N)cnc2ccccc12. The maximum atomic E-state index is 6.11. The highest BCUT2D eigenvalue weighted by molar-refractivity contribution is 5.96. The van der Waals surface area contributed by atoms with E-state index in [0.29, 0.717) is 0 Å². The third-order valence-electron chi connectivity index (χ3n) is 4.01. The van der Waals surface area contributed by atoms with Crippen molar-refractivity contribution in [1.29, 1.82) is 0 Å². The van der Waals surface area contributed by atoms with Gasteiger partial charge < -0.3 is 11.1 Å². The highest BCUT2D eigenvalue weighted by Gasteiger charge is 2.18. The summed E-state index contributed by atoms with van der Waals surface area (Å²) in [4.78, 5) is 4.38. The average molecular weight is 285 g/mol. The minimum atomic E-state index is 0.270. The van der Waals surface area contributed by atoms with Gasteiger partial charge in [0.25, 0.3) is 0 Å². The lowest BCUT2D eigenvalue weighted by atomic mass is 9.86. The second kappa shape index (κ2) is 6.79. The van der Waals surface area contributed by atoms with Crippen LogP contribution in [0.1, 0.15) is 46.5 Å². The van der Waals surface area contributed by atoms with Crippen LogP contribution in [0.5, 0.6) is 0 Å². The lowest BCUT2D eigenvalue weighted by Crippen LogP contribution is -2.23. The van der Waals surface area contributed by atoms with Crippen LogP contribution >= 0.6 is 0 Å². The first-order valence-corrected chi connectivity index (χ1v) is 7.90. The van der Waals surface area contributed by atoms with Gasteiger partial charge in [-0.05, 0) is 17.9 Å². The summed E-state index contributed by atoms with van der Waals surface area (Å²) in [7, 11) is 0. The van der Waals surface area contributed by atoms with E-state index in [0.717, 1.165) is 28.8 Å². The predicted molar refractivity (Wildman–Crippen MR) is 92.6 cm³/mol. The number of hydrogen-bond donors (Lipinski definition) is 2. The number of nitrogens with two attached hydrogens (primary N) is 1. The standard InChI is InChI=1S/C18H27N3/c1-4-5-8-11-18(2,3)13-21-17-14-9-6-7-10-16(14)20-12-15(17)19/h6-7,9-10,12H,4-5,8,11,13,19H2,1-3H3,(H,20,21). The molecule has 114 valence electrons. The van der Waals surface area contributed by atoms with E-state index < -0.39 is 0 Å². The normalized spacial score (nSPS) is 11.8. The quantitative estimate of drug-likeness (QED) is 0.716. The molecule has 0 aliphatic rings. The van der Waals surface area contributed by atoms with Crippen LogP contribution in [0.25, 0.3) is 10.9 Å². The molecule has 0 radical (unpaired) electrons. The summed E-state index contributed by atoms with van der Waals surface area (Å²) in [6, 6.07) is 8.13. The van der Waals surface area contributed by atoms with Gasteiger partial charge in [0, 0.05) is 11.9 Å². The Morgan fingerprint density at radius 1 is 1.19 bits per heavy atom. The molecular weight excluding hydrogens is 258 g/mol. The number of benzene rings is 1. The Hall–Kier alpha value is -1.77. The van der Waals surface area contributed by atoms with Crippen LogP contribution in [0.2, 0.25) is 0 Å². The molecule has 0 amide bonds. The van der Waals surface area contributed by atoms with E-state index in [1.54, 1.807) is 6.20 Å². The average Bonchev–Trinajstić information content (AvgIpc) is 2.46. The zero-order valence-corrected chi connectivity index (χ0v) is 13.4. The van der Waals surface area contributed by atoms with Crippen LogP contribution in [0.15, 0.2) is 30.5 Å². The van der Waals surface area contributed by atoms with Gasteiger partial charge in [0.05, 0.1) is 23.1 Å². The number of nitrogens with one attached hydrogen (secondary N) is 1. The Kier molecular flexibility index (Phi) is 5.05. The minimum absolute atomic E-state index is 0.270. The molecule has 0 fully saturated rings. The third-order valence-corrected chi connectivity index (χ3v) is 4.01. The van der Waals surface area contributed by atoms with Crippen LogP contribution in [0.4, 0.5) is 11.4 Å². The smallest absolute Gasteiger partial charge is 0.0743 e. The van der Waals surface area contributed by atoms with Crippen molar-refractivity contribution >= 4 is 22.3 Å². The number of rotatable bonds is 7. The Balaban J connectivity index is 2.11. The maximum absolute atomic E-state index is 6.11. The van der Waals surface area contributed by atoms with E-state index in [1.807, 2.05) is 18.2 Å². The predicted octanol–water partition coefficient (Wildman–Crippen LogP) is 4.84. The molecule has 0 aliphatic carbocycles. The second-order valence-electron chi connectivity index (χ2n) is 6.58. The largest absolute Gasteiger partial charge is 0.396 e. The van der Waals surface area contributed by atoms with Crippen LogP contribution in [-0.2, 0) is 0 Å². The molecule has 2 rings (SSSR count). The van der Waals surface area contributed by atoms with Gasteiger partial charge in [0.1, 0.15) is 0 Å². The van der Waals surface area contributed by atoms with E-state index >= 15 is 0 Å². The van der Waals surface area contributed by atoms with E-state index in [-0.39, 0.29) is 5.41 Å². The summed E-state index contributed by atoms with van der Waals surface area (Å²) >= 11 is 0. The van der Waals surface area contributed by atoms with Crippen LogP contribution < -0.4 is 11.1 Å². The van der Waals surface area contributed by atoms with Crippen LogP contribution in [-0.4, -0.2) is 11.5 Å². The Labute approximate surface area is 128 Å². The molecule has 3 heteroatoms. The van der Waals surface area contributed by atoms with Gasteiger partial charge in [-0.25, -0.2) is 0 Å². The van der Waals surface area contributed by atoms with Crippen molar-refractivity contribution in [2.75, 3.05) is 17.6 Å². The fourth-order valence-electron chi connectivity index (χ4n) is 2.62. The lowest BCUT2D eigenvalue weighted by Gasteiger charge is -2.26. The van der Waals surface area contributed by atoms with Crippen molar-refractivity contribution in [3.8, 4) is 0 Å². The number of anilines is 2. The molecule has 0 spiro atoms. The summed E-state index contributed by atoms with van der Waals surface area (Å²) < 4.78 is 0. The summed E-state index contributed by atoms with van der Waals surface area (Å²) in [6.07, 6.45) is 6.85. The number of aromatic nitrogens is 1. The van der Waals surface area contributed by atoms with Crippen LogP contribution in [0, 0.1) is 5.41 Å². The van der Waals surface area contributed by atoms with Crippen molar-refractivity contribution in [2.24, 2.45) is 5.41 Å². The maximum Gasteiger partial charge on any atom is 0.0743 e. The molecule has 1 aromatic carbocycles. The van der Waals surface area contributed by atoms with Crippen molar-refractivity contribution in [3.63, 3.8) is 0 Å². The Bertz CT molecular complexity index is 590. The molecule has 21 heavy (non-hydrogen) atoms. The molecule has 0 unspecified atom stereocenters. The van der Waals surface area contributed by atoms with Gasteiger partial charge in [0.2, 0.25) is 0 Å². The highest BCUT2D eigenvalue weighted by atomic mass is 14.9. The number of fused-ring (bicyclic) bond motifs is 1. The monoisotopic (exact) mass is 285 g/mol. The summed E-state index contributed by atoms with van der Waals surface area (Å²) in [5, 5.41) is 4.66. The molecule has 1 aromatic heterocycles. The van der Waals surface area contributed by atoms with E-state index in [9.17, 15) is 0 Å². The molecule has 3 nitrogen and oxygen atoms in total. The molecule has 2 aromatic rings. The number of unbranched alkanes of at least 4 members (excludes halogenated alkanes) is 2. The number of para-hydroxylation sites is 1. The first-order valence-electron chi connectivity index (χ1n) is 7.90. The zero-order chi connectivity index (χ0) is 15.3. The van der Waals surface area contributed by atoms with Crippen molar-refractivity contribution in [2.45, 2.75) is 46.5 Å². The van der Waals surface area contributed by atoms with E-state index in [4.69, 9.17) is 5.73 Å². The number of hydrogen-bond acceptors (Lipinski definition) is 3. The Morgan fingerprint density at radius 3 is 2.71 bits per heavy atom. The van der Waals surface area contributed by atoms with Crippen LogP contribution in [0.3, 0.4) is 0 Å². The fourth-order valence-corrected chi connectivity index (χ4v) is 2.62. The Morgan fingerprint density at radius 2 is 1.95 bits per heavy atom. The molecule has 1 heterocycles. The van der Waals surface area contributed by atoms with Gasteiger partial charge in [-0.1, -0.05) is 58.2 Å². The van der Waals surface area contributed by atoms with Gasteiger partial charge in [-0.2, -0.15) is 0 Å². The van der Waals surface area contributed by atoms with Crippen molar-refractivity contribution in [1.82, 2.24) is 4.98 Å². The molecule has 0 aliphatic heterocycles.